The molecule has 1 aromatic carbocycles. The van der Waals surface area contributed by atoms with Gasteiger partial charge in [-0.2, -0.15) is 13.2 Å². The quantitative estimate of drug-likeness (QED) is 0.898. The van der Waals surface area contributed by atoms with Crippen LogP contribution in [0.2, 0.25) is 0 Å². The minimum atomic E-state index is -4.42. The molecule has 1 fully saturated rings. The first-order valence-electron chi connectivity index (χ1n) is 6.59. The van der Waals surface area contributed by atoms with Crippen molar-refractivity contribution in [2.75, 3.05) is 6.54 Å². The van der Waals surface area contributed by atoms with E-state index in [9.17, 15) is 18.0 Å². The average Bonchev–Trinajstić information content (AvgIpc) is 2.91. The monoisotopic (exact) mass is 322 g/mol. The number of hydrogen-bond acceptors (Lipinski definition) is 2. The van der Waals surface area contributed by atoms with Crippen LogP contribution in [0.15, 0.2) is 24.3 Å². The van der Waals surface area contributed by atoms with Gasteiger partial charge in [0.2, 0.25) is 5.91 Å². The van der Waals surface area contributed by atoms with Gasteiger partial charge in [0.25, 0.3) is 0 Å². The molecule has 0 aromatic heterocycles. The molecule has 1 aliphatic rings. The summed E-state index contributed by atoms with van der Waals surface area (Å²) in [4.78, 5) is 11.9. The van der Waals surface area contributed by atoms with Gasteiger partial charge in [-0.05, 0) is 37.9 Å². The van der Waals surface area contributed by atoms with Crippen LogP contribution in [0.3, 0.4) is 0 Å². The molecule has 1 heterocycles. The predicted molar refractivity (Wildman–Crippen MR) is 76.3 cm³/mol. The van der Waals surface area contributed by atoms with Crippen molar-refractivity contribution >= 4 is 18.3 Å². The second-order valence-electron chi connectivity index (χ2n) is 4.96. The molecule has 118 valence electrons. The van der Waals surface area contributed by atoms with E-state index in [4.69, 9.17) is 0 Å². The van der Waals surface area contributed by atoms with Gasteiger partial charge in [0, 0.05) is 0 Å². The van der Waals surface area contributed by atoms with Crippen LogP contribution in [0.1, 0.15) is 36.9 Å². The van der Waals surface area contributed by atoms with Gasteiger partial charge in [0.15, 0.2) is 0 Å². The van der Waals surface area contributed by atoms with Crippen LogP contribution in [0, 0.1) is 0 Å². The maximum Gasteiger partial charge on any atom is 0.416 e. The summed E-state index contributed by atoms with van der Waals surface area (Å²) in [6, 6.07) is 4.35. The molecule has 1 amide bonds. The fourth-order valence-electron chi connectivity index (χ4n) is 2.43. The molecule has 1 aliphatic heterocycles. The fraction of sp³-hybridized carbons (Fsp3) is 0.500. The zero-order valence-electron chi connectivity index (χ0n) is 11.5. The minimum Gasteiger partial charge on any atom is -0.348 e. The number of amides is 1. The van der Waals surface area contributed by atoms with Gasteiger partial charge >= 0.3 is 6.18 Å². The molecule has 0 aliphatic carbocycles. The summed E-state index contributed by atoms with van der Waals surface area (Å²) < 4.78 is 38.8. The number of alkyl halides is 3. The van der Waals surface area contributed by atoms with Gasteiger partial charge in [-0.3, -0.25) is 4.79 Å². The lowest BCUT2D eigenvalue weighted by Crippen LogP contribution is -2.41. The van der Waals surface area contributed by atoms with Gasteiger partial charge in [0.05, 0.1) is 17.6 Å². The Balaban J connectivity index is 0.00000220. The Bertz CT molecular complexity index is 487. The Morgan fingerprint density at radius 1 is 1.38 bits per heavy atom. The van der Waals surface area contributed by atoms with Crippen LogP contribution in [0.4, 0.5) is 13.2 Å². The van der Waals surface area contributed by atoms with Crippen molar-refractivity contribution < 1.29 is 18.0 Å². The van der Waals surface area contributed by atoms with Crippen molar-refractivity contribution in [2.45, 2.75) is 38.0 Å². The molecule has 1 aromatic rings. The predicted octanol–water partition coefficient (Wildman–Crippen LogP) is 3.06. The molecule has 2 N–H and O–H groups in total. The topological polar surface area (TPSA) is 41.1 Å². The highest BCUT2D eigenvalue weighted by atomic mass is 35.5. The van der Waals surface area contributed by atoms with Gasteiger partial charge in [-0.15, -0.1) is 12.4 Å². The molecule has 2 rings (SSSR count). The highest BCUT2D eigenvalue weighted by Crippen LogP contribution is 2.34. The van der Waals surface area contributed by atoms with E-state index in [0.717, 1.165) is 25.5 Å². The van der Waals surface area contributed by atoms with Crippen molar-refractivity contribution in [1.82, 2.24) is 10.6 Å². The fourth-order valence-corrected chi connectivity index (χ4v) is 2.43. The lowest BCUT2D eigenvalue weighted by Gasteiger charge is -2.21. The van der Waals surface area contributed by atoms with Crippen molar-refractivity contribution in [2.24, 2.45) is 0 Å². The van der Waals surface area contributed by atoms with Crippen LogP contribution in [0.25, 0.3) is 0 Å². The van der Waals surface area contributed by atoms with Crippen LogP contribution in [0.5, 0.6) is 0 Å². The summed E-state index contributed by atoms with van der Waals surface area (Å²) in [5.41, 5.74) is -0.612. The van der Waals surface area contributed by atoms with E-state index in [1.54, 1.807) is 13.0 Å². The van der Waals surface area contributed by atoms with Crippen molar-refractivity contribution in [3.8, 4) is 0 Å². The zero-order chi connectivity index (χ0) is 14.8. The number of nitrogens with one attached hydrogen (secondary N) is 2. The lowest BCUT2D eigenvalue weighted by molar-refractivity contribution is -0.138. The third-order valence-electron chi connectivity index (χ3n) is 3.47. The standard InChI is InChI=1S/C14H17F3N2O.ClH/c1-9(19-13(20)12-7-4-8-18-12)10-5-2-3-6-11(10)14(15,16)17;/h2-3,5-6,9,12,18H,4,7-8H2,1H3,(H,19,20);1H. The maximum atomic E-state index is 12.9. The Labute approximate surface area is 127 Å². The van der Waals surface area contributed by atoms with Crippen LogP contribution in [-0.4, -0.2) is 18.5 Å². The van der Waals surface area contributed by atoms with Gasteiger partial charge in [-0.25, -0.2) is 0 Å². The molecule has 21 heavy (non-hydrogen) atoms. The van der Waals surface area contributed by atoms with E-state index in [0.29, 0.717) is 0 Å². The molecule has 7 heteroatoms. The second kappa shape index (κ2) is 7.13. The minimum absolute atomic E-state index is 0. The smallest absolute Gasteiger partial charge is 0.348 e. The van der Waals surface area contributed by atoms with Crippen LogP contribution in [-0.2, 0) is 11.0 Å². The molecular formula is C14H18ClF3N2O. The van der Waals surface area contributed by atoms with E-state index < -0.39 is 17.8 Å². The van der Waals surface area contributed by atoms with Gasteiger partial charge in [-0.1, -0.05) is 18.2 Å². The number of halogens is 4. The summed E-state index contributed by atoms with van der Waals surface area (Å²) in [5.74, 6) is -0.244. The summed E-state index contributed by atoms with van der Waals surface area (Å²) in [7, 11) is 0. The molecule has 0 spiro atoms. The molecule has 1 saturated heterocycles. The molecule has 2 atom stereocenters. The Morgan fingerprint density at radius 3 is 2.62 bits per heavy atom. The number of carbonyl (C=O) groups excluding carboxylic acids is 1. The van der Waals surface area contributed by atoms with E-state index >= 15 is 0 Å². The average molecular weight is 323 g/mol. The first kappa shape index (κ1) is 17.8. The van der Waals surface area contributed by atoms with Crippen molar-refractivity contribution in [3.05, 3.63) is 35.4 Å². The number of rotatable bonds is 3. The van der Waals surface area contributed by atoms with E-state index in [-0.39, 0.29) is 29.9 Å². The molecule has 3 nitrogen and oxygen atoms in total. The number of benzene rings is 1. The SMILES string of the molecule is CC(NC(=O)C1CCCN1)c1ccccc1C(F)(F)F.Cl. The zero-order valence-corrected chi connectivity index (χ0v) is 12.4. The van der Waals surface area contributed by atoms with Crippen LogP contribution < -0.4 is 10.6 Å². The largest absolute Gasteiger partial charge is 0.416 e. The van der Waals surface area contributed by atoms with Crippen molar-refractivity contribution in [1.29, 1.82) is 0 Å². The van der Waals surface area contributed by atoms with Gasteiger partial charge in [0.1, 0.15) is 0 Å². The molecule has 0 saturated carbocycles. The summed E-state index contributed by atoms with van der Waals surface area (Å²) >= 11 is 0. The van der Waals surface area contributed by atoms with Gasteiger partial charge < -0.3 is 10.6 Å². The molecule has 0 bridgehead atoms. The number of carbonyl (C=O) groups is 1. The van der Waals surface area contributed by atoms with E-state index in [1.165, 1.54) is 12.1 Å². The third kappa shape index (κ3) is 4.35. The third-order valence-corrected chi connectivity index (χ3v) is 3.47. The Hall–Kier alpha value is -1.27. The summed E-state index contributed by atoms with van der Waals surface area (Å²) in [6.45, 7) is 2.34. The number of hydrogen-bond donors (Lipinski definition) is 2. The molecule has 0 radical (unpaired) electrons. The highest BCUT2D eigenvalue weighted by Gasteiger charge is 2.34. The van der Waals surface area contributed by atoms with E-state index in [2.05, 4.69) is 10.6 Å². The summed E-state index contributed by atoms with van der Waals surface area (Å²) in [5, 5.41) is 5.67. The van der Waals surface area contributed by atoms with Crippen molar-refractivity contribution in [3.63, 3.8) is 0 Å². The first-order chi connectivity index (χ1) is 9.39. The second-order valence-corrected chi connectivity index (χ2v) is 4.96. The highest BCUT2D eigenvalue weighted by molar-refractivity contribution is 5.85. The maximum absolute atomic E-state index is 12.9. The Morgan fingerprint density at radius 2 is 2.05 bits per heavy atom. The normalized spacial score (nSPS) is 19.7. The Kier molecular flexibility index (Phi) is 6.04. The molecular weight excluding hydrogens is 305 g/mol. The first-order valence-corrected chi connectivity index (χ1v) is 6.59. The summed E-state index contributed by atoms with van der Waals surface area (Å²) in [6.07, 6.45) is -2.79. The van der Waals surface area contributed by atoms with Crippen LogP contribution >= 0.6 is 12.4 Å². The van der Waals surface area contributed by atoms with E-state index in [1.807, 2.05) is 0 Å². The lowest BCUT2D eigenvalue weighted by atomic mass is 10.0. The molecule has 2 unspecified atom stereocenters.